The van der Waals surface area contributed by atoms with Crippen LogP contribution in [-0.4, -0.2) is 29.0 Å². The van der Waals surface area contributed by atoms with E-state index in [4.69, 9.17) is 5.73 Å². The first-order chi connectivity index (χ1) is 7.99. The maximum absolute atomic E-state index is 12.1. The van der Waals surface area contributed by atoms with Crippen molar-refractivity contribution in [2.45, 2.75) is 69.2 Å². The molecule has 0 aromatic rings. The van der Waals surface area contributed by atoms with Crippen molar-refractivity contribution < 1.29 is 4.79 Å². The summed E-state index contributed by atoms with van der Waals surface area (Å²) in [5, 5.41) is 3.83. The lowest BCUT2D eigenvalue weighted by atomic mass is 9.92. The van der Waals surface area contributed by atoms with Gasteiger partial charge in [-0.15, -0.1) is 0 Å². The molecule has 1 amide bonds. The van der Waals surface area contributed by atoms with E-state index in [-0.39, 0.29) is 5.91 Å². The highest BCUT2D eigenvalue weighted by Gasteiger charge is 2.30. The summed E-state index contributed by atoms with van der Waals surface area (Å²) >= 11 is 1.91. The van der Waals surface area contributed by atoms with E-state index in [2.05, 4.69) is 18.5 Å². The zero-order valence-electron chi connectivity index (χ0n) is 11.3. The Balaban J connectivity index is 2.45. The van der Waals surface area contributed by atoms with Crippen molar-refractivity contribution in [1.29, 1.82) is 0 Å². The second kappa shape index (κ2) is 6.64. The summed E-state index contributed by atoms with van der Waals surface area (Å²) in [6, 6.07) is 0.327. The molecule has 0 saturated heterocycles. The van der Waals surface area contributed by atoms with E-state index >= 15 is 0 Å². The molecule has 0 bridgehead atoms. The quantitative estimate of drug-likeness (QED) is 0.795. The largest absolute Gasteiger partial charge is 0.352 e. The van der Waals surface area contributed by atoms with E-state index < -0.39 is 5.54 Å². The van der Waals surface area contributed by atoms with E-state index in [0.29, 0.717) is 11.3 Å². The molecule has 1 aliphatic carbocycles. The Morgan fingerprint density at radius 3 is 2.82 bits per heavy atom. The fourth-order valence-corrected chi connectivity index (χ4v) is 3.30. The van der Waals surface area contributed by atoms with Gasteiger partial charge in [0.2, 0.25) is 5.91 Å². The second-order valence-electron chi connectivity index (χ2n) is 5.36. The normalized spacial score (nSPS) is 28.5. The third-order valence-electron chi connectivity index (χ3n) is 3.58. The maximum atomic E-state index is 12.1. The van der Waals surface area contributed by atoms with Gasteiger partial charge in [-0.25, -0.2) is 0 Å². The third kappa shape index (κ3) is 4.51. The number of hydrogen-bond acceptors (Lipinski definition) is 3. The van der Waals surface area contributed by atoms with Crippen molar-refractivity contribution in [1.82, 2.24) is 5.32 Å². The van der Waals surface area contributed by atoms with Crippen LogP contribution in [0.1, 0.15) is 52.4 Å². The highest BCUT2D eigenvalue weighted by atomic mass is 32.2. The van der Waals surface area contributed by atoms with Gasteiger partial charge in [0.05, 0.1) is 5.54 Å². The molecule has 1 fully saturated rings. The average Bonchev–Trinajstić information content (AvgIpc) is 2.29. The number of thioether (sulfide) groups is 1. The molecule has 1 saturated carbocycles. The molecule has 0 heterocycles. The van der Waals surface area contributed by atoms with Gasteiger partial charge in [0.15, 0.2) is 0 Å². The Labute approximate surface area is 109 Å². The van der Waals surface area contributed by atoms with Gasteiger partial charge in [-0.1, -0.05) is 19.8 Å². The van der Waals surface area contributed by atoms with Crippen molar-refractivity contribution in [3.8, 4) is 0 Å². The smallest absolute Gasteiger partial charge is 0.240 e. The summed E-state index contributed by atoms with van der Waals surface area (Å²) in [5.41, 5.74) is 5.33. The Hall–Kier alpha value is -0.220. The van der Waals surface area contributed by atoms with Crippen LogP contribution in [0.15, 0.2) is 0 Å². The van der Waals surface area contributed by atoms with Gasteiger partial charge in [-0.2, -0.15) is 11.8 Å². The first kappa shape index (κ1) is 14.8. The number of hydrogen-bond donors (Lipinski definition) is 2. The van der Waals surface area contributed by atoms with Crippen molar-refractivity contribution in [2.24, 2.45) is 5.73 Å². The molecule has 17 heavy (non-hydrogen) atoms. The van der Waals surface area contributed by atoms with Crippen LogP contribution in [0.4, 0.5) is 0 Å². The van der Waals surface area contributed by atoms with E-state index in [0.717, 1.165) is 25.7 Å². The highest BCUT2D eigenvalue weighted by molar-refractivity contribution is 7.99. The standard InChI is InChI=1S/C13H26N2OS/c1-4-8-13(2,14)12(16)15-10-6-5-7-11(9-10)17-3/h10-11H,4-9,14H2,1-3H3,(H,15,16). The first-order valence-electron chi connectivity index (χ1n) is 6.62. The molecule has 100 valence electrons. The Morgan fingerprint density at radius 1 is 1.53 bits per heavy atom. The van der Waals surface area contributed by atoms with Crippen LogP contribution in [0.25, 0.3) is 0 Å². The van der Waals surface area contributed by atoms with Gasteiger partial charge in [-0.3, -0.25) is 4.79 Å². The summed E-state index contributed by atoms with van der Waals surface area (Å²) in [6.45, 7) is 3.89. The van der Waals surface area contributed by atoms with Crippen LogP contribution in [0.3, 0.4) is 0 Å². The van der Waals surface area contributed by atoms with Crippen LogP contribution < -0.4 is 11.1 Å². The molecule has 0 aromatic heterocycles. The summed E-state index contributed by atoms with van der Waals surface area (Å²) < 4.78 is 0. The fourth-order valence-electron chi connectivity index (χ4n) is 2.47. The van der Waals surface area contributed by atoms with Crippen molar-refractivity contribution in [2.75, 3.05) is 6.26 Å². The summed E-state index contributed by atoms with van der Waals surface area (Å²) in [4.78, 5) is 12.1. The molecular formula is C13H26N2OS. The molecule has 0 radical (unpaired) electrons. The lowest BCUT2D eigenvalue weighted by Gasteiger charge is -2.32. The number of nitrogens with one attached hydrogen (secondary N) is 1. The Morgan fingerprint density at radius 2 is 2.24 bits per heavy atom. The van der Waals surface area contributed by atoms with Gasteiger partial charge in [-0.05, 0) is 38.9 Å². The predicted octanol–water partition coefficient (Wildman–Crippen LogP) is 2.29. The minimum absolute atomic E-state index is 0.0195. The number of amides is 1. The monoisotopic (exact) mass is 258 g/mol. The van der Waals surface area contributed by atoms with Gasteiger partial charge < -0.3 is 11.1 Å². The molecule has 3 atom stereocenters. The number of rotatable bonds is 5. The highest BCUT2D eigenvalue weighted by Crippen LogP contribution is 2.27. The fraction of sp³-hybridized carbons (Fsp3) is 0.923. The molecule has 0 aromatic carbocycles. The van der Waals surface area contributed by atoms with E-state index in [1.165, 1.54) is 12.8 Å². The number of carbonyl (C=O) groups excluding carboxylic acids is 1. The first-order valence-corrected chi connectivity index (χ1v) is 7.91. The second-order valence-corrected chi connectivity index (χ2v) is 6.50. The predicted molar refractivity (Wildman–Crippen MR) is 75.2 cm³/mol. The van der Waals surface area contributed by atoms with Gasteiger partial charge in [0.1, 0.15) is 0 Å². The van der Waals surface area contributed by atoms with Gasteiger partial charge in [0.25, 0.3) is 0 Å². The average molecular weight is 258 g/mol. The lowest BCUT2D eigenvalue weighted by molar-refractivity contribution is -0.127. The molecule has 3 N–H and O–H groups in total. The molecule has 1 rings (SSSR count). The van der Waals surface area contributed by atoms with Gasteiger partial charge in [0, 0.05) is 11.3 Å². The SMILES string of the molecule is CCCC(C)(N)C(=O)NC1CCCC(SC)C1. The number of carbonyl (C=O) groups is 1. The minimum atomic E-state index is -0.707. The zero-order chi connectivity index (χ0) is 12.9. The molecule has 3 nitrogen and oxygen atoms in total. The third-order valence-corrected chi connectivity index (χ3v) is 4.68. The molecular weight excluding hydrogens is 232 g/mol. The zero-order valence-corrected chi connectivity index (χ0v) is 12.1. The summed E-state index contributed by atoms with van der Waals surface area (Å²) in [5.74, 6) is 0.0195. The molecule has 0 spiro atoms. The van der Waals surface area contributed by atoms with Crippen LogP contribution >= 0.6 is 11.8 Å². The lowest BCUT2D eigenvalue weighted by Crippen LogP contribution is -2.54. The van der Waals surface area contributed by atoms with Crippen LogP contribution in [-0.2, 0) is 4.79 Å². The van der Waals surface area contributed by atoms with Crippen molar-refractivity contribution in [3.05, 3.63) is 0 Å². The van der Waals surface area contributed by atoms with Crippen molar-refractivity contribution >= 4 is 17.7 Å². The summed E-state index contributed by atoms with van der Waals surface area (Å²) in [6.07, 6.45) is 8.53. The minimum Gasteiger partial charge on any atom is -0.352 e. The van der Waals surface area contributed by atoms with Crippen LogP contribution in [0.5, 0.6) is 0 Å². The number of nitrogens with two attached hydrogens (primary N) is 1. The van der Waals surface area contributed by atoms with Crippen LogP contribution in [0.2, 0.25) is 0 Å². The molecule has 1 aliphatic rings. The Bertz CT molecular complexity index is 256. The van der Waals surface area contributed by atoms with E-state index in [1.807, 2.05) is 18.7 Å². The maximum Gasteiger partial charge on any atom is 0.240 e. The summed E-state index contributed by atoms with van der Waals surface area (Å²) in [7, 11) is 0. The molecule has 0 aliphatic heterocycles. The Kier molecular flexibility index (Phi) is 5.80. The molecule has 4 heteroatoms. The van der Waals surface area contributed by atoms with Gasteiger partial charge >= 0.3 is 0 Å². The topological polar surface area (TPSA) is 55.1 Å². The van der Waals surface area contributed by atoms with Crippen LogP contribution in [0, 0.1) is 0 Å². The van der Waals surface area contributed by atoms with Crippen molar-refractivity contribution in [3.63, 3.8) is 0 Å². The molecule has 3 unspecified atom stereocenters. The van der Waals surface area contributed by atoms with E-state index in [9.17, 15) is 4.79 Å². The van der Waals surface area contributed by atoms with E-state index in [1.54, 1.807) is 0 Å².